The number of amides is 1. The van der Waals surface area contributed by atoms with Gasteiger partial charge in [0.05, 0.1) is 16.4 Å². The summed E-state index contributed by atoms with van der Waals surface area (Å²) in [5.74, 6) is -0.203. The first-order valence-electron chi connectivity index (χ1n) is 8.77. The van der Waals surface area contributed by atoms with Gasteiger partial charge in [0.1, 0.15) is 5.82 Å². The van der Waals surface area contributed by atoms with Gasteiger partial charge in [-0.3, -0.25) is 4.79 Å². The van der Waals surface area contributed by atoms with Gasteiger partial charge in [-0.05, 0) is 42.7 Å². The maximum absolute atomic E-state index is 13.1. The minimum Gasteiger partial charge on any atom is -0.334 e. The van der Waals surface area contributed by atoms with Crippen LogP contribution >= 0.6 is 11.3 Å². The van der Waals surface area contributed by atoms with E-state index in [2.05, 4.69) is 0 Å². The zero-order valence-electron chi connectivity index (χ0n) is 14.7. The van der Waals surface area contributed by atoms with Crippen LogP contribution < -0.4 is 0 Å². The van der Waals surface area contributed by atoms with Crippen LogP contribution in [0.2, 0.25) is 0 Å². The molecule has 0 radical (unpaired) electrons. The number of rotatable bonds is 6. The molecule has 1 aromatic carbocycles. The summed E-state index contributed by atoms with van der Waals surface area (Å²) in [6, 6.07) is 9.56. The highest BCUT2D eigenvalue weighted by Crippen LogP contribution is 2.30. The molecule has 0 saturated carbocycles. The fourth-order valence-corrected chi connectivity index (χ4v) is 5.86. The van der Waals surface area contributed by atoms with Gasteiger partial charge in [-0.15, -0.1) is 11.3 Å². The number of halogens is 1. The van der Waals surface area contributed by atoms with E-state index in [1.165, 1.54) is 23.5 Å². The molecular formula is C19H22FNO3S2. The topological polar surface area (TPSA) is 54.5 Å². The van der Waals surface area contributed by atoms with Crippen LogP contribution in [0.3, 0.4) is 0 Å². The summed E-state index contributed by atoms with van der Waals surface area (Å²) in [4.78, 5) is 16.2. The normalized spacial score (nSPS) is 18.8. The number of thiophene rings is 1. The van der Waals surface area contributed by atoms with Crippen LogP contribution in [0, 0.1) is 5.82 Å². The molecule has 0 N–H and O–H groups in total. The maximum Gasteiger partial charge on any atom is 0.264 e. The van der Waals surface area contributed by atoms with Crippen molar-refractivity contribution in [2.75, 3.05) is 18.1 Å². The third-order valence-electron chi connectivity index (χ3n) is 4.61. The Bertz CT molecular complexity index is 874. The molecule has 0 bridgehead atoms. The van der Waals surface area contributed by atoms with Gasteiger partial charge in [-0.2, -0.15) is 0 Å². The van der Waals surface area contributed by atoms with Crippen molar-refractivity contribution in [1.29, 1.82) is 0 Å². The van der Waals surface area contributed by atoms with E-state index in [1.54, 1.807) is 23.1 Å². The second-order valence-electron chi connectivity index (χ2n) is 6.58. The van der Waals surface area contributed by atoms with Crippen LogP contribution in [-0.2, 0) is 9.84 Å². The van der Waals surface area contributed by atoms with Crippen molar-refractivity contribution < 1.29 is 17.6 Å². The molecule has 0 aliphatic carbocycles. The summed E-state index contributed by atoms with van der Waals surface area (Å²) in [5, 5.41) is 0. The first kappa shape index (κ1) is 19.0. The Morgan fingerprint density at radius 1 is 1.23 bits per heavy atom. The molecule has 1 aromatic heterocycles. The van der Waals surface area contributed by atoms with Crippen LogP contribution in [0.5, 0.6) is 0 Å². The summed E-state index contributed by atoms with van der Waals surface area (Å²) >= 11 is 1.36. The minimum atomic E-state index is -3.05. The van der Waals surface area contributed by atoms with Gasteiger partial charge in [0.2, 0.25) is 0 Å². The van der Waals surface area contributed by atoms with E-state index in [-0.39, 0.29) is 29.3 Å². The van der Waals surface area contributed by atoms with Gasteiger partial charge in [-0.1, -0.05) is 25.5 Å². The van der Waals surface area contributed by atoms with Crippen LogP contribution in [0.4, 0.5) is 4.39 Å². The molecular weight excluding hydrogens is 373 g/mol. The number of carbonyl (C=O) groups excluding carboxylic acids is 1. The zero-order valence-corrected chi connectivity index (χ0v) is 16.3. The standard InChI is InChI=1S/C19H22FNO3S2/c1-2-3-11-21(16-10-12-26(23,24)13-16)19(22)18-9-8-17(25-18)14-4-6-15(20)7-5-14/h4-9,16H,2-3,10-13H2,1H3. The van der Waals surface area contributed by atoms with Gasteiger partial charge < -0.3 is 4.90 Å². The first-order valence-corrected chi connectivity index (χ1v) is 11.4. The van der Waals surface area contributed by atoms with E-state index in [0.29, 0.717) is 17.8 Å². The lowest BCUT2D eigenvalue weighted by atomic mass is 10.1. The highest BCUT2D eigenvalue weighted by atomic mass is 32.2. The van der Waals surface area contributed by atoms with E-state index in [1.807, 2.05) is 13.0 Å². The highest BCUT2D eigenvalue weighted by molar-refractivity contribution is 7.91. The lowest BCUT2D eigenvalue weighted by molar-refractivity contribution is 0.0699. The minimum absolute atomic E-state index is 0.0542. The Morgan fingerprint density at radius 2 is 1.96 bits per heavy atom. The van der Waals surface area contributed by atoms with E-state index in [4.69, 9.17) is 0 Å². The molecule has 4 nitrogen and oxygen atoms in total. The van der Waals surface area contributed by atoms with Crippen LogP contribution in [-0.4, -0.2) is 43.3 Å². The maximum atomic E-state index is 13.1. The molecule has 2 heterocycles. The lowest BCUT2D eigenvalue weighted by Gasteiger charge is -2.27. The van der Waals surface area contributed by atoms with Gasteiger partial charge in [-0.25, -0.2) is 12.8 Å². The molecule has 1 atom stereocenters. The number of hydrogen-bond donors (Lipinski definition) is 0. The molecule has 1 aliphatic heterocycles. The Morgan fingerprint density at radius 3 is 2.58 bits per heavy atom. The number of benzene rings is 1. The molecule has 1 saturated heterocycles. The Hall–Kier alpha value is -1.73. The monoisotopic (exact) mass is 395 g/mol. The van der Waals surface area contributed by atoms with E-state index >= 15 is 0 Å². The van der Waals surface area contributed by atoms with Crippen molar-refractivity contribution in [2.24, 2.45) is 0 Å². The smallest absolute Gasteiger partial charge is 0.264 e. The molecule has 0 spiro atoms. The number of carbonyl (C=O) groups is 1. The fraction of sp³-hybridized carbons (Fsp3) is 0.421. The Kier molecular flexibility index (Phi) is 5.77. The van der Waals surface area contributed by atoms with E-state index < -0.39 is 9.84 Å². The molecule has 3 rings (SSSR count). The zero-order chi connectivity index (χ0) is 18.7. The number of sulfone groups is 1. The van der Waals surface area contributed by atoms with Crippen LogP contribution in [0.25, 0.3) is 10.4 Å². The third-order valence-corrected chi connectivity index (χ3v) is 7.48. The molecule has 2 aromatic rings. The quantitative estimate of drug-likeness (QED) is 0.743. The summed E-state index contributed by atoms with van der Waals surface area (Å²) in [7, 11) is -3.05. The number of unbranched alkanes of at least 4 members (excludes halogenated alkanes) is 1. The van der Waals surface area contributed by atoms with E-state index in [9.17, 15) is 17.6 Å². The second-order valence-corrected chi connectivity index (χ2v) is 9.89. The Labute approximate surface area is 157 Å². The summed E-state index contributed by atoms with van der Waals surface area (Å²) in [6.45, 7) is 2.62. The van der Waals surface area contributed by atoms with Crippen molar-refractivity contribution in [2.45, 2.75) is 32.2 Å². The molecule has 7 heteroatoms. The van der Waals surface area contributed by atoms with Gasteiger partial charge in [0, 0.05) is 17.5 Å². The first-order chi connectivity index (χ1) is 12.4. The van der Waals surface area contributed by atoms with Crippen LogP contribution in [0.1, 0.15) is 35.9 Å². The molecule has 1 fully saturated rings. The number of hydrogen-bond acceptors (Lipinski definition) is 4. The SMILES string of the molecule is CCCCN(C(=O)c1ccc(-c2ccc(F)cc2)s1)C1CCS(=O)(=O)C1. The average molecular weight is 396 g/mol. The highest BCUT2D eigenvalue weighted by Gasteiger charge is 2.35. The van der Waals surface area contributed by atoms with Crippen molar-refractivity contribution >= 4 is 27.1 Å². The summed E-state index contributed by atoms with van der Waals surface area (Å²) in [5.41, 5.74) is 0.860. The molecule has 26 heavy (non-hydrogen) atoms. The van der Waals surface area contributed by atoms with Crippen LogP contribution in [0.15, 0.2) is 36.4 Å². The second kappa shape index (κ2) is 7.88. The third kappa shape index (κ3) is 4.32. The van der Waals surface area contributed by atoms with Gasteiger partial charge in [0.25, 0.3) is 5.91 Å². The lowest BCUT2D eigenvalue weighted by Crippen LogP contribution is -2.41. The van der Waals surface area contributed by atoms with Crippen molar-refractivity contribution in [3.8, 4) is 10.4 Å². The van der Waals surface area contributed by atoms with Crippen molar-refractivity contribution in [3.63, 3.8) is 0 Å². The molecule has 1 aliphatic rings. The summed E-state index contributed by atoms with van der Waals surface area (Å²) < 4.78 is 36.7. The molecule has 1 unspecified atom stereocenters. The molecule has 1 amide bonds. The van der Waals surface area contributed by atoms with Crippen molar-refractivity contribution in [3.05, 3.63) is 47.1 Å². The average Bonchev–Trinajstić information content (AvgIpc) is 3.23. The van der Waals surface area contributed by atoms with Gasteiger partial charge >= 0.3 is 0 Å². The summed E-state index contributed by atoms with van der Waals surface area (Å²) in [6.07, 6.45) is 2.29. The number of nitrogens with zero attached hydrogens (tertiary/aromatic N) is 1. The fourth-order valence-electron chi connectivity index (χ4n) is 3.16. The van der Waals surface area contributed by atoms with E-state index in [0.717, 1.165) is 23.3 Å². The predicted molar refractivity (Wildman–Crippen MR) is 103 cm³/mol. The largest absolute Gasteiger partial charge is 0.334 e. The predicted octanol–water partition coefficient (Wildman–Crippen LogP) is 3.98. The van der Waals surface area contributed by atoms with Crippen molar-refractivity contribution in [1.82, 2.24) is 4.90 Å². The Balaban J connectivity index is 1.81. The molecule has 140 valence electrons. The van der Waals surface area contributed by atoms with Gasteiger partial charge in [0.15, 0.2) is 9.84 Å².